The van der Waals surface area contributed by atoms with E-state index in [1.54, 1.807) is 0 Å². The fourth-order valence-electron chi connectivity index (χ4n) is 4.61. The summed E-state index contributed by atoms with van der Waals surface area (Å²) >= 11 is 0. The minimum Gasteiger partial charge on any atom is -0.478 e. The average Bonchev–Trinajstić information content (AvgIpc) is 3.30. The Morgan fingerprint density at radius 1 is 0.455 bits per heavy atom. The third-order valence-corrected chi connectivity index (χ3v) is 6.00. The van der Waals surface area contributed by atoms with Crippen LogP contribution >= 0.6 is 0 Å². The lowest BCUT2D eigenvalue weighted by atomic mass is 9.93. The van der Waals surface area contributed by atoms with E-state index >= 15 is 0 Å². The highest BCUT2D eigenvalue weighted by Crippen LogP contribution is 2.36. The quantitative estimate of drug-likeness (QED) is 0.157. The molecule has 0 amide bonds. The van der Waals surface area contributed by atoms with E-state index in [0.29, 0.717) is 0 Å². The summed E-state index contributed by atoms with van der Waals surface area (Å²) < 4.78 is 41.8. The number of hydrogen-bond acceptors (Lipinski definition) is 16. The molecule has 0 saturated carbocycles. The Morgan fingerprint density at radius 2 is 0.705 bits per heavy atom. The number of carbonyl (C=O) groups is 8. The Kier molecular flexibility index (Phi) is 12.3. The van der Waals surface area contributed by atoms with Crippen LogP contribution in [-0.2, 0) is 76.3 Å². The van der Waals surface area contributed by atoms with Crippen LogP contribution in [0.4, 0.5) is 0 Å². The van der Waals surface area contributed by atoms with Gasteiger partial charge >= 0.3 is 47.8 Å². The fraction of sp³-hybridized carbons (Fsp3) is 0.615. The average molecular weight is 633 g/mol. The van der Waals surface area contributed by atoms with Crippen LogP contribution in [0.3, 0.4) is 0 Å². The normalized spacial score (nSPS) is 28.1. The van der Waals surface area contributed by atoms with Crippen molar-refractivity contribution in [2.45, 2.75) is 104 Å². The highest BCUT2D eigenvalue weighted by Gasteiger charge is 2.54. The van der Waals surface area contributed by atoms with Crippen LogP contribution < -0.4 is 0 Å². The first kappa shape index (κ1) is 35.6. The van der Waals surface area contributed by atoms with Crippen molar-refractivity contribution in [2.75, 3.05) is 0 Å². The van der Waals surface area contributed by atoms with E-state index in [4.69, 9.17) is 37.9 Å². The summed E-state index contributed by atoms with van der Waals surface area (Å²) in [6.45, 7) is 5.98. The largest absolute Gasteiger partial charge is 0.478 e. The van der Waals surface area contributed by atoms with Crippen molar-refractivity contribution in [3.8, 4) is 0 Å². The second-order valence-corrected chi connectivity index (χ2v) is 9.58. The first-order chi connectivity index (χ1) is 20.4. The minimum absolute atomic E-state index is 0.809. The Bertz CT molecular complexity index is 1130. The summed E-state index contributed by atoms with van der Waals surface area (Å²) in [5.41, 5.74) is -1.65. The van der Waals surface area contributed by atoms with Gasteiger partial charge in [0.25, 0.3) is 0 Å². The number of esters is 6. The molecular formula is C26H32O18. The van der Waals surface area contributed by atoms with Gasteiger partial charge in [-0.3, -0.25) is 28.8 Å². The van der Waals surface area contributed by atoms with Crippen LogP contribution in [0.25, 0.3) is 0 Å². The van der Waals surface area contributed by atoms with Gasteiger partial charge in [0, 0.05) is 54.4 Å². The van der Waals surface area contributed by atoms with Crippen LogP contribution in [0.15, 0.2) is 11.1 Å². The van der Waals surface area contributed by atoms with E-state index in [9.17, 15) is 48.6 Å². The van der Waals surface area contributed by atoms with Crippen molar-refractivity contribution >= 4 is 47.8 Å². The Morgan fingerprint density at radius 3 is 0.932 bits per heavy atom. The zero-order valence-corrected chi connectivity index (χ0v) is 24.5. The third kappa shape index (κ3) is 9.73. The molecule has 2 rings (SSSR count). The number of carbonyl (C=O) groups excluding carboxylic acids is 6. The van der Waals surface area contributed by atoms with Crippen molar-refractivity contribution in [1.29, 1.82) is 0 Å². The molecule has 0 spiro atoms. The summed E-state index contributed by atoms with van der Waals surface area (Å²) in [6.07, 6.45) is -14.2. The molecule has 0 aliphatic carbocycles. The molecule has 2 saturated heterocycles. The smallest absolute Gasteiger partial charge is 0.332 e. The third-order valence-electron chi connectivity index (χ3n) is 6.00. The molecule has 18 nitrogen and oxygen atoms in total. The molecule has 0 aromatic rings. The molecule has 2 N–H and O–H groups in total. The summed E-state index contributed by atoms with van der Waals surface area (Å²) in [6, 6.07) is 0. The van der Waals surface area contributed by atoms with Gasteiger partial charge in [-0.05, 0) is 0 Å². The lowest BCUT2D eigenvalue weighted by Crippen LogP contribution is -2.41. The number of rotatable bonds is 12. The monoisotopic (exact) mass is 632 g/mol. The van der Waals surface area contributed by atoms with E-state index in [1.807, 2.05) is 0 Å². The number of hydrogen-bond donors (Lipinski definition) is 2. The molecule has 2 aliphatic heterocycles. The van der Waals surface area contributed by atoms with Crippen molar-refractivity contribution in [1.82, 2.24) is 0 Å². The number of carboxylic acids is 2. The molecule has 8 atom stereocenters. The van der Waals surface area contributed by atoms with Crippen molar-refractivity contribution < 1.29 is 86.5 Å². The fourth-order valence-corrected chi connectivity index (χ4v) is 4.61. The number of carboxylic acid groups (broad SMARTS) is 2. The van der Waals surface area contributed by atoms with Crippen molar-refractivity contribution in [3.05, 3.63) is 11.1 Å². The first-order valence-electron chi connectivity index (χ1n) is 12.9. The zero-order valence-electron chi connectivity index (χ0n) is 24.5. The molecule has 2 fully saturated rings. The molecule has 2 aliphatic rings. The minimum atomic E-state index is -1.78. The maximum atomic E-state index is 12.4. The Balaban J connectivity index is 2.57. The number of aliphatic carboxylic acids is 2. The predicted octanol–water partition coefficient (Wildman–Crippen LogP) is -0.465. The molecule has 44 heavy (non-hydrogen) atoms. The van der Waals surface area contributed by atoms with Gasteiger partial charge in [-0.2, -0.15) is 0 Å². The topological polar surface area (TPSA) is 251 Å². The maximum absolute atomic E-state index is 12.4. The lowest BCUT2D eigenvalue weighted by molar-refractivity contribution is -0.195. The van der Waals surface area contributed by atoms with Crippen LogP contribution in [0.5, 0.6) is 0 Å². The highest BCUT2D eigenvalue weighted by atomic mass is 16.8. The van der Waals surface area contributed by atoms with Crippen molar-refractivity contribution in [3.63, 3.8) is 0 Å². The second-order valence-electron chi connectivity index (χ2n) is 9.58. The van der Waals surface area contributed by atoms with Gasteiger partial charge in [0.2, 0.25) is 24.8 Å². The van der Waals surface area contributed by atoms with Crippen LogP contribution in [-0.4, -0.2) is 107 Å². The van der Waals surface area contributed by atoms with E-state index in [0.717, 1.165) is 41.5 Å². The summed E-state index contributed by atoms with van der Waals surface area (Å²) in [5, 5.41) is 20.1. The highest BCUT2D eigenvalue weighted by molar-refractivity contribution is 5.99. The van der Waals surface area contributed by atoms with E-state index < -0.39 is 121 Å². The van der Waals surface area contributed by atoms with Crippen LogP contribution in [0, 0.1) is 0 Å². The molecule has 18 heteroatoms. The number of ether oxygens (including phenoxy) is 8. The maximum Gasteiger partial charge on any atom is 0.332 e. The van der Waals surface area contributed by atoms with E-state index in [2.05, 4.69) is 0 Å². The van der Waals surface area contributed by atoms with Gasteiger partial charge in [-0.15, -0.1) is 0 Å². The summed E-state index contributed by atoms with van der Waals surface area (Å²) in [5.74, 6) is -8.96. The van der Waals surface area contributed by atoms with E-state index in [1.165, 1.54) is 0 Å². The standard InChI is InChI=1S/C26H32O18/c1-9(27)37-19-17(43-25(41-13(5)31)21(19)39-11(3)29)7-15(23(33)34)16(24(35)36)8-18-20(38-10(2)28)22(40-12(4)30)26(44-18)42-14(6)32/h17-22,25-26H,7-8H2,1-6H3,(H,33,34)(H,35,36)/b16-15+/t17-,18-,19-,20-,21-,22-,25-,26-/m1/s1. The summed E-state index contributed by atoms with van der Waals surface area (Å²) in [7, 11) is 0. The molecular weight excluding hydrogens is 600 g/mol. The van der Waals surface area contributed by atoms with Crippen LogP contribution in [0.2, 0.25) is 0 Å². The van der Waals surface area contributed by atoms with Crippen LogP contribution in [0.1, 0.15) is 54.4 Å². The second kappa shape index (κ2) is 15.2. The Labute approximate surface area is 249 Å². The SMILES string of the molecule is CC(=O)O[C@@H]1O[C@H](C/C(C(=O)O)=C(/C[C@H]2O[C@@H](OC(C)=O)[C@H](OC(C)=O)[C@@H]2OC(C)=O)C(=O)O)[C@@H](OC(C)=O)[C@H]1OC(C)=O. The lowest BCUT2D eigenvalue weighted by Gasteiger charge is -2.24. The van der Waals surface area contributed by atoms with Gasteiger partial charge in [0.15, 0.2) is 12.2 Å². The molecule has 0 aromatic heterocycles. The Hall–Kier alpha value is -4.58. The molecule has 0 bridgehead atoms. The van der Waals surface area contributed by atoms with Crippen molar-refractivity contribution in [2.24, 2.45) is 0 Å². The van der Waals surface area contributed by atoms with Gasteiger partial charge in [0.1, 0.15) is 12.2 Å². The molecule has 0 unspecified atom stereocenters. The first-order valence-corrected chi connectivity index (χ1v) is 12.9. The molecule has 244 valence electrons. The zero-order chi connectivity index (χ0) is 33.5. The van der Waals surface area contributed by atoms with Gasteiger partial charge in [-0.1, -0.05) is 0 Å². The molecule has 2 heterocycles. The van der Waals surface area contributed by atoms with Gasteiger partial charge < -0.3 is 48.1 Å². The van der Waals surface area contributed by atoms with Gasteiger partial charge in [0.05, 0.1) is 11.1 Å². The predicted molar refractivity (Wildman–Crippen MR) is 135 cm³/mol. The molecule has 0 aromatic carbocycles. The molecule has 0 radical (unpaired) electrons. The summed E-state index contributed by atoms with van der Waals surface area (Å²) in [4.78, 5) is 95.3. The van der Waals surface area contributed by atoms with E-state index in [-0.39, 0.29) is 0 Å². The van der Waals surface area contributed by atoms with Gasteiger partial charge in [-0.25, -0.2) is 9.59 Å².